The van der Waals surface area contributed by atoms with Crippen LogP contribution in [0.4, 0.5) is 11.4 Å². The van der Waals surface area contributed by atoms with Crippen molar-refractivity contribution in [1.82, 2.24) is 0 Å². The first kappa shape index (κ1) is 15.6. The number of benzene rings is 1. The molecule has 5 nitrogen and oxygen atoms in total. The van der Waals surface area contributed by atoms with Crippen molar-refractivity contribution in [2.45, 2.75) is 52.0 Å². The third kappa shape index (κ3) is 4.34. The molecule has 0 radical (unpaired) electrons. The lowest BCUT2D eigenvalue weighted by atomic mass is 9.81. The maximum atomic E-state index is 11.1. The van der Waals surface area contributed by atoms with Gasteiger partial charge in [-0.2, -0.15) is 0 Å². The van der Waals surface area contributed by atoms with Crippen molar-refractivity contribution in [2.24, 2.45) is 11.8 Å². The van der Waals surface area contributed by atoms with Crippen LogP contribution >= 0.6 is 0 Å². The SMILES string of the molecule is CC(C)CC1CCCC(Nc2ccc(O)cc2[N+](=O)[O-])C1. The summed E-state index contributed by atoms with van der Waals surface area (Å²) >= 11 is 0. The zero-order valence-electron chi connectivity index (χ0n) is 12.7. The zero-order chi connectivity index (χ0) is 15.4. The zero-order valence-corrected chi connectivity index (χ0v) is 12.7. The molecule has 2 atom stereocenters. The van der Waals surface area contributed by atoms with Gasteiger partial charge >= 0.3 is 0 Å². The molecule has 1 saturated carbocycles. The number of nitro benzene ring substituents is 1. The summed E-state index contributed by atoms with van der Waals surface area (Å²) in [5, 5.41) is 23.8. The number of hydrogen-bond acceptors (Lipinski definition) is 4. The highest BCUT2D eigenvalue weighted by molar-refractivity contribution is 5.64. The van der Waals surface area contributed by atoms with Gasteiger partial charge in [0.15, 0.2) is 0 Å². The summed E-state index contributed by atoms with van der Waals surface area (Å²) in [6.07, 6.45) is 5.76. The highest BCUT2D eigenvalue weighted by atomic mass is 16.6. The lowest BCUT2D eigenvalue weighted by molar-refractivity contribution is -0.384. The van der Waals surface area contributed by atoms with Crippen molar-refractivity contribution >= 4 is 11.4 Å². The van der Waals surface area contributed by atoms with Gasteiger partial charge in [0.05, 0.1) is 11.0 Å². The molecule has 2 unspecified atom stereocenters. The number of nitrogens with one attached hydrogen (secondary N) is 1. The molecule has 116 valence electrons. The van der Waals surface area contributed by atoms with E-state index in [1.165, 1.54) is 31.4 Å². The predicted molar refractivity (Wildman–Crippen MR) is 83.6 cm³/mol. The summed E-state index contributed by atoms with van der Waals surface area (Å²) in [5.41, 5.74) is 0.453. The lowest BCUT2D eigenvalue weighted by Gasteiger charge is -2.31. The van der Waals surface area contributed by atoms with Gasteiger partial charge in [-0.3, -0.25) is 10.1 Å². The minimum atomic E-state index is -0.448. The fourth-order valence-corrected chi connectivity index (χ4v) is 3.32. The molecule has 1 aromatic carbocycles. The van der Waals surface area contributed by atoms with Crippen LogP contribution in [0.3, 0.4) is 0 Å². The first-order valence-electron chi connectivity index (χ1n) is 7.69. The van der Waals surface area contributed by atoms with E-state index in [4.69, 9.17) is 0 Å². The van der Waals surface area contributed by atoms with E-state index >= 15 is 0 Å². The third-order valence-corrected chi connectivity index (χ3v) is 4.13. The average molecular weight is 292 g/mol. The second kappa shape index (κ2) is 6.78. The van der Waals surface area contributed by atoms with Crippen LogP contribution in [0.2, 0.25) is 0 Å². The summed E-state index contributed by atoms with van der Waals surface area (Å²) < 4.78 is 0. The molecule has 0 spiro atoms. The molecule has 2 N–H and O–H groups in total. The second-order valence-electron chi connectivity index (χ2n) is 6.46. The van der Waals surface area contributed by atoms with Crippen LogP contribution in [0, 0.1) is 22.0 Å². The van der Waals surface area contributed by atoms with Gasteiger partial charge in [0.2, 0.25) is 0 Å². The quantitative estimate of drug-likeness (QED) is 0.481. The van der Waals surface area contributed by atoms with Crippen LogP contribution in [0.25, 0.3) is 0 Å². The number of anilines is 1. The van der Waals surface area contributed by atoms with Gasteiger partial charge in [0.25, 0.3) is 5.69 Å². The number of hydrogen-bond donors (Lipinski definition) is 2. The van der Waals surface area contributed by atoms with Crippen molar-refractivity contribution in [2.75, 3.05) is 5.32 Å². The minimum absolute atomic E-state index is 0.0546. The van der Waals surface area contributed by atoms with E-state index in [2.05, 4.69) is 19.2 Å². The standard InChI is InChI=1S/C16H24N2O3/c1-11(2)8-12-4-3-5-13(9-12)17-15-7-6-14(19)10-16(15)18(20)21/h6-7,10-13,17,19H,3-5,8-9H2,1-2H3. The van der Waals surface area contributed by atoms with Crippen molar-refractivity contribution in [1.29, 1.82) is 0 Å². The van der Waals surface area contributed by atoms with Crippen LogP contribution in [0.1, 0.15) is 46.0 Å². The molecule has 0 amide bonds. The number of nitrogens with zero attached hydrogens (tertiary/aromatic N) is 1. The van der Waals surface area contributed by atoms with Crippen LogP contribution in [0.15, 0.2) is 18.2 Å². The molecule has 21 heavy (non-hydrogen) atoms. The van der Waals surface area contributed by atoms with Crippen LogP contribution < -0.4 is 5.32 Å². The molecule has 5 heteroatoms. The first-order chi connectivity index (χ1) is 9.95. The van der Waals surface area contributed by atoms with Crippen LogP contribution in [-0.2, 0) is 0 Å². The Labute approximate surface area is 125 Å². The Kier molecular flexibility index (Phi) is 5.04. The molecular formula is C16H24N2O3. The van der Waals surface area contributed by atoms with Crippen molar-refractivity contribution in [3.63, 3.8) is 0 Å². The van der Waals surface area contributed by atoms with Gasteiger partial charge in [-0.05, 0) is 43.2 Å². The molecule has 1 aromatic rings. The number of aromatic hydroxyl groups is 1. The molecule has 0 heterocycles. The highest BCUT2D eigenvalue weighted by Crippen LogP contribution is 2.34. The summed E-state index contributed by atoms with van der Waals surface area (Å²) in [6, 6.07) is 4.57. The van der Waals surface area contributed by atoms with Gasteiger partial charge in [0, 0.05) is 6.04 Å². The number of phenols is 1. The highest BCUT2D eigenvalue weighted by Gasteiger charge is 2.24. The largest absolute Gasteiger partial charge is 0.508 e. The molecule has 0 bridgehead atoms. The molecular weight excluding hydrogens is 268 g/mol. The van der Waals surface area contributed by atoms with Crippen LogP contribution in [-0.4, -0.2) is 16.1 Å². The molecule has 0 aromatic heterocycles. The van der Waals surface area contributed by atoms with Gasteiger partial charge in [-0.25, -0.2) is 0 Å². The van der Waals surface area contributed by atoms with Crippen molar-refractivity contribution in [3.8, 4) is 5.75 Å². The van der Waals surface area contributed by atoms with Gasteiger partial charge in [-0.15, -0.1) is 0 Å². The first-order valence-corrected chi connectivity index (χ1v) is 7.69. The van der Waals surface area contributed by atoms with Gasteiger partial charge in [-0.1, -0.05) is 26.7 Å². The third-order valence-electron chi connectivity index (χ3n) is 4.13. The van der Waals surface area contributed by atoms with E-state index < -0.39 is 4.92 Å². The lowest BCUT2D eigenvalue weighted by Crippen LogP contribution is -2.28. The fraction of sp³-hybridized carbons (Fsp3) is 0.625. The molecule has 1 aliphatic rings. The Morgan fingerprint density at radius 1 is 1.43 bits per heavy atom. The maximum Gasteiger partial charge on any atom is 0.296 e. The summed E-state index contributed by atoms with van der Waals surface area (Å²) in [7, 11) is 0. The van der Waals surface area contributed by atoms with Crippen molar-refractivity contribution < 1.29 is 10.0 Å². The maximum absolute atomic E-state index is 11.1. The number of phenolic OH excluding ortho intramolecular Hbond substituents is 1. The predicted octanol–water partition coefficient (Wildman–Crippen LogP) is 4.32. The van der Waals surface area contributed by atoms with Gasteiger partial charge in [0.1, 0.15) is 11.4 Å². The molecule has 0 aliphatic heterocycles. The Hall–Kier alpha value is -1.78. The summed E-state index contributed by atoms with van der Waals surface area (Å²) in [6.45, 7) is 4.48. The topological polar surface area (TPSA) is 75.4 Å². The van der Waals surface area contributed by atoms with E-state index in [0.717, 1.165) is 12.8 Å². The normalized spacial score (nSPS) is 22.2. The smallest absolute Gasteiger partial charge is 0.296 e. The molecule has 1 aliphatic carbocycles. The van der Waals surface area contributed by atoms with E-state index in [1.807, 2.05) is 0 Å². The Bertz CT molecular complexity index is 502. The Morgan fingerprint density at radius 2 is 2.19 bits per heavy atom. The molecule has 0 saturated heterocycles. The van der Waals surface area contributed by atoms with Gasteiger partial charge < -0.3 is 10.4 Å². The second-order valence-corrected chi connectivity index (χ2v) is 6.46. The summed E-state index contributed by atoms with van der Waals surface area (Å²) in [5.74, 6) is 1.32. The number of rotatable bonds is 5. The van der Waals surface area contributed by atoms with E-state index in [-0.39, 0.29) is 17.5 Å². The minimum Gasteiger partial charge on any atom is -0.508 e. The van der Waals surface area contributed by atoms with E-state index in [1.54, 1.807) is 6.07 Å². The fourth-order valence-electron chi connectivity index (χ4n) is 3.32. The molecule has 1 fully saturated rings. The van der Waals surface area contributed by atoms with Crippen molar-refractivity contribution in [3.05, 3.63) is 28.3 Å². The summed E-state index contributed by atoms with van der Waals surface area (Å²) in [4.78, 5) is 10.6. The number of nitro groups is 1. The van der Waals surface area contributed by atoms with E-state index in [0.29, 0.717) is 17.5 Å². The van der Waals surface area contributed by atoms with Crippen LogP contribution in [0.5, 0.6) is 5.75 Å². The average Bonchev–Trinajstić information content (AvgIpc) is 2.40. The monoisotopic (exact) mass is 292 g/mol. The molecule has 2 rings (SSSR count). The Balaban J connectivity index is 2.06. The Morgan fingerprint density at radius 3 is 2.86 bits per heavy atom. The van der Waals surface area contributed by atoms with E-state index in [9.17, 15) is 15.2 Å².